The Morgan fingerprint density at radius 2 is 2.00 bits per heavy atom. The maximum Gasteiger partial charge on any atom is 0.287 e. The molecule has 1 aromatic heterocycles. The predicted molar refractivity (Wildman–Crippen MR) is 96.9 cm³/mol. The van der Waals surface area contributed by atoms with Gasteiger partial charge in [-0.05, 0) is 57.7 Å². The van der Waals surface area contributed by atoms with Crippen molar-refractivity contribution in [3.8, 4) is 0 Å². The summed E-state index contributed by atoms with van der Waals surface area (Å²) in [5, 5.41) is 5.76. The second-order valence-corrected chi connectivity index (χ2v) is 6.79. The minimum absolute atomic E-state index is 0.0219. The summed E-state index contributed by atoms with van der Waals surface area (Å²) in [6.45, 7) is 6.51. The van der Waals surface area contributed by atoms with Crippen molar-refractivity contribution in [2.45, 2.75) is 52.6 Å². The maximum atomic E-state index is 12.7. The lowest BCUT2D eigenvalue weighted by Crippen LogP contribution is -2.33. The number of hydrogen-bond acceptors (Lipinski definition) is 3. The molecule has 1 aliphatic heterocycles. The quantitative estimate of drug-likeness (QED) is 0.898. The molecule has 1 aliphatic rings. The average molecular weight is 340 g/mol. The molecule has 3 rings (SSSR count). The highest BCUT2D eigenvalue weighted by molar-refractivity contribution is 6.05. The van der Waals surface area contributed by atoms with Gasteiger partial charge >= 0.3 is 0 Å². The molecular formula is C19H24N4O2. The smallest absolute Gasteiger partial charge is 0.287 e. The summed E-state index contributed by atoms with van der Waals surface area (Å²) in [5.74, 6) is -0.162. The molecule has 6 nitrogen and oxygen atoms in total. The van der Waals surface area contributed by atoms with Gasteiger partial charge in [0, 0.05) is 18.3 Å². The van der Waals surface area contributed by atoms with Crippen LogP contribution >= 0.6 is 0 Å². The Kier molecular flexibility index (Phi) is 4.88. The van der Waals surface area contributed by atoms with E-state index in [0.717, 1.165) is 42.8 Å². The van der Waals surface area contributed by atoms with Gasteiger partial charge in [0.2, 0.25) is 0 Å². The number of carbonyl (C=O) groups excluding carboxylic acids is 2. The van der Waals surface area contributed by atoms with Crippen molar-refractivity contribution < 1.29 is 9.59 Å². The topological polar surface area (TPSA) is 76.0 Å². The highest BCUT2D eigenvalue weighted by atomic mass is 16.2. The van der Waals surface area contributed by atoms with Gasteiger partial charge in [-0.1, -0.05) is 12.1 Å². The lowest BCUT2D eigenvalue weighted by atomic mass is 10.1. The molecule has 0 saturated heterocycles. The third-order valence-corrected chi connectivity index (χ3v) is 4.23. The molecule has 6 heteroatoms. The molecule has 0 unspecified atom stereocenters. The number of imidazole rings is 1. The van der Waals surface area contributed by atoms with Crippen molar-refractivity contribution in [1.82, 2.24) is 14.9 Å². The molecule has 2 N–H and O–H groups in total. The highest BCUT2D eigenvalue weighted by Gasteiger charge is 2.27. The second-order valence-electron chi connectivity index (χ2n) is 6.79. The number of benzene rings is 1. The molecule has 1 aromatic carbocycles. The fraction of sp³-hybridized carbons (Fsp3) is 0.421. The predicted octanol–water partition coefficient (Wildman–Crippen LogP) is 2.92. The second kappa shape index (κ2) is 7.09. The third-order valence-electron chi connectivity index (χ3n) is 4.23. The molecule has 25 heavy (non-hydrogen) atoms. The van der Waals surface area contributed by atoms with E-state index in [1.165, 1.54) is 0 Å². The van der Waals surface area contributed by atoms with Crippen LogP contribution in [-0.4, -0.2) is 27.4 Å². The molecule has 0 radical (unpaired) electrons. The summed E-state index contributed by atoms with van der Waals surface area (Å²) in [5.41, 5.74) is 3.01. The molecule has 0 saturated carbocycles. The molecular weight excluding hydrogens is 316 g/mol. The number of aromatic nitrogens is 2. The monoisotopic (exact) mass is 340 g/mol. The van der Waals surface area contributed by atoms with Crippen molar-refractivity contribution in [1.29, 1.82) is 0 Å². The number of amides is 2. The van der Waals surface area contributed by atoms with E-state index in [0.29, 0.717) is 11.5 Å². The van der Waals surface area contributed by atoms with Crippen LogP contribution in [0, 0.1) is 6.92 Å². The zero-order valence-corrected chi connectivity index (χ0v) is 14.9. The van der Waals surface area contributed by atoms with Crippen LogP contribution in [0.5, 0.6) is 0 Å². The zero-order chi connectivity index (χ0) is 18.0. The van der Waals surface area contributed by atoms with Crippen LogP contribution in [0.25, 0.3) is 0 Å². The number of anilines is 1. The number of fused-ring (bicyclic) bond motifs is 1. The number of hydrogen-bond donors (Lipinski definition) is 2. The third kappa shape index (κ3) is 3.73. The molecule has 0 fully saturated rings. The molecule has 2 amide bonds. The average Bonchev–Trinajstić information content (AvgIpc) is 2.94. The van der Waals surface area contributed by atoms with Crippen molar-refractivity contribution in [3.63, 3.8) is 0 Å². The van der Waals surface area contributed by atoms with Crippen LogP contribution in [0.4, 0.5) is 5.69 Å². The molecule has 0 spiro atoms. The Labute approximate surface area is 147 Å². The minimum Gasteiger partial charge on any atom is -0.347 e. The van der Waals surface area contributed by atoms with E-state index >= 15 is 0 Å². The van der Waals surface area contributed by atoms with Gasteiger partial charge in [-0.2, -0.15) is 0 Å². The van der Waals surface area contributed by atoms with Crippen LogP contribution in [0.2, 0.25) is 0 Å². The van der Waals surface area contributed by atoms with E-state index in [1.807, 2.05) is 49.6 Å². The van der Waals surface area contributed by atoms with E-state index in [2.05, 4.69) is 15.6 Å². The Hall–Kier alpha value is -2.63. The summed E-state index contributed by atoms with van der Waals surface area (Å²) in [4.78, 5) is 29.6. The lowest BCUT2D eigenvalue weighted by molar-refractivity contribution is 0.0927. The van der Waals surface area contributed by atoms with E-state index in [1.54, 1.807) is 0 Å². The van der Waals surface area contributed by atoms with Gasteiger partial charge in [0.1, 0.15) is 0 Å². The van der Waals surface area contributed by atoms with Crippen LogP contribution in [-0.2, 0) is 13.0 Å². The van der Waals surface area contributed by atoms with Gasteiger partial charge in [0.05, 0.1) is 5.69 Å². The standard InChI is InChI=1S/C19H24N4O2/c1-12(2)20-19(25)17-22-16(15-9-4-5-10-23(15)17)18(24)21-14-8-6-7-13(3)11-14/h6-8,11-12H,4-5,9-10H2,1-3H3,(H,20,25)(H,21,24). The van der Waals surface area contributed by atoms with Gasteiger partial charge in [-0.25, -0.2) is 4.98 Å². The van der Waals surface area contributed by atoms with Crippen molar-refractivity contribution >= 4 is 17.5 Å². The van der Waals surface area contributed by atoms with E-state index < -0.39 is 0 Å². The van der Waals surface area contributed by atoms with Gasteiger partial charge < -0.3 is 15.2 Å². The van der Waals surface area contributed by atoms with Crippen LogP contribution in [0.15, 0.2) is 24.3 Å². The van der Waals surface area contributed by atoms with Crippen LogP contribution < -0.4 is 10.6 Å². The summed E-state index contributed by atoms with van der Waals surface area (Å²) in [6, 6.07) is 7.65. The molecule has 132 valence electrons. The van der Waals surface area contributed by atoms with E-state index in [-0.39, 0.29) is 17.9 Å². The van der Waals surface area contributed by atoms with Crippen molar-refractivity contribution in [2.75, 3.05) is 5.32 Å². The minimum atomic E-state index is -0.264. The first kappa shape index (κ1) is 17.2. The molecule has 0 aliphatic carbocycles. The van der Waals surface area contributed by atoms with Crippen molar-refractivity contribution in [3.05, 3.63) is 47.0 Å². The fourth-order valence-corrected chi connectivity index (χ4v) is 3.14. The van der Waals surface area contributed by atoms with E-state index in [4.69, 9.17) is 0 Å². The summed E-state index contributed by atoms with van der Waals surface area (Å²) >= 11 is 0. The summed E-state index contributed by atoms with van der Waals surface area (Å²) in [7, 11) is 0. The zero-order valence-electron chi connectivity index (χ0n) is 14.9. The molecule has 2 aromatic rings. The first-order valence-corrected chi connectivity index (χ1v) is 8.74. The van der Waals surface area contributed by atoms with Gasteiger partial charge in [0.15, 0.2) is 11.5 Å². The van der Waals surface area contributed by atoms with Crippen molar-refractivity contribution in [2.24, 2.45) is 0 Å². The number of nitrogens with zero attached hydrogens (tertiary/aromatic N) is 2. The highest BCUT2D eigenvalue weighted by Crippen LogP contribution is 2.22. The van der Waals surface area contributed by atoms with Gasteiger partial charge in [-0.15, -0.1) is 0 Å². The van der Waals surface area contributed by atoms with E-state index in [9.17, 15) is 9.59 Å². The Bertz CT molecular complexity index is 808. The van der Waals surface area contributed by atoms with Crippen LogP contribution in [0.1, 0.15) is 59.1 Å². The number of nitrogens with one attached hydrogen (secondary N) is 2. The number of carbonyl (C=O) groups is 2. The SMILES string of the molecule is Cc1cccc(NC(=O)c2nc(C(=O)NC(C)C)n3c2CCCC3)c1. The Morgan fingerprint density at radius 1 is 1.20 bits per heavy atom. The number of aryl methyl sites for hydroxylation is 1. The Balaban J connectivity index is 1.91. The molecule has 0 atom stereocenters. The normalized spacial score (nSPS) is 13.4. The fourth-order valence-electron chi connectivity index (χ4n) is 3.14. The largest absolute Gasteiger partial charge is 0.347 e. The first-order valence-electron chi connectivity index (χ1n) is 8.74. The maximum absolute atomic E-state index is 12.7. The molecule has 2 heterocycles. The van der Waals surface area contributed by atoms with Crippen LogP contribution in [0.3, 0.4) is 0 Å². The van der Waals surface area contributed by atoms with Gasteiger partial charge in [0.25, 0.3) is 11.8 Å². The summed E-state index contributed by atoms with van der Waals surface area (Å²) in [6.07, 6.45) is 2.75. The summed E-state index contributed by atoms with van der Waals surface area (Å²) < 4.78 is 1.90. The molecule has 0 bridgehead atoms. The lowest BCUT2D eigenvalue weighted by Gasteiger charge is -2.17. The first-order chi connectivity index (χ1) is 12.0. The number of rotatable bonds is 4. The van der Waals surface area contributed by atoms with Gasteiger partial charge in [-0.3, -0.25) is 9.59 Å². The Morgan fingerprint density at radius 3 is 2.72 bits per heavy atom.